The summed E-state index contributed by atoms with van der Waals surface area (Å²) in [5.74, 6) is 1.23. The van der Waals surface area contributed by atoms with Crippen molar-refractivity contribution in [1.82, 2.24) is 19.7 Å². The molecule has 1 fully saturated rings. The summed E-state index contributed by atoms with van der Waals surface area (Å²) in [5, 5.41) is 12.0. The Morgan fingerprint density at radius 1 is 1.19 bits per heavy atom. The molecule has 3 unspecified atom stereocenters. The van der Waals surface area contributed by atoms with Gasteiger partial charge in [-0.05, 0) is 61.0 Å². The van der Waals surface area contributed by atoms with Crippen LogP contribution in [0, 0.1) is 16.6 Å². The summed E-state index contributed by atoms with van der Waals surface area (Å²) in [6.45, 7) is 7.58. The lowest BCUT2D eigenvalue weighted by Crippen LogP contribution is -2.42. The maximum Gasteiger partial charge on any atom is 0.255 e. The van der Waals surface area contributed by atoms with Crippen molar-refractivity contribution in [3.63, 3.8) is 0 Å². The Hall–Kier alpha value is -2.78. The molecule has 0 aliphatic carbocycles. The van der Waals surface area contributed by atoms with Crippen LogP contribution in [0.1, 0.15) is 43.6 Å². The number of carbonyl (C=O) groups excluding carboxylic acids is 2. The third kappa shape index (κ3) is 4.54. The molecular formula is C23H27N5O2S2. The number of thiophene rings is 1. The van der Waals surface area contributed by atoms with Crippen LogP contribution in [0.25, 0.3) is 10.7 Å². The molecule has 0 bridgehead atoms. The van der Waals surface area contributed by atoms with Crippen molar-refractivity contribution < 1.29 is 9.59 Å². The normalized spacial score (nSPS) is 19.5. The van der Waals surface area contributed by atoms with Crippen LogP contribution in [0.5, 0.6) is 0 Å². The number of aromatic amines is 1. The van der Waals surface area contributed by atoms with Gasteiger partial charge in [0, 0.05) is 13.1 Å². The molecule has 3 heterocycles. The minimum atomic E-state index is -0.614. The van der Waals surface area contributed by atoms with E-state index in [-0.39, 0.29) is 11.8 Å². The lowest BCUT2D eigenvalue weighted by Gasteiger charge is -2.35. The second-order valence-electron chi connectivity index (χ2n) is 8.57. The molecule has 0 saturated carbocycles. The molecule has 3 atom stereocenters. The Morgan fingerprint density at radius 2 is 1.91 bits per heavy atom. The predicted molar refractivity (Wildman–Crippen MR) is 129 cm³/mol. The van der Waals surface area contributed by atoms with Crippen LogP contribution in [0.15, 0.2) is 41.8 Å². The molecule has 3 aromatic rings. The molecule has 2 aromatic heterocycles. The van der Waals surface area contributed by atoms with Gasteiger partial charge in [0.05, 0.1) is 16.1 Å². The molecule has 4 rings (SSSR count). The van der Waals surface area contributed by atoms with E-state index in [4.69, 9.17) is 12.2 Å². The topological polar surface area (TPSA) is 83.0 Å². The van der Waals surface area contributed by atoms with Crippen LogP contribution < -0.4 is 5.32 Å². The van der Waals surface area contributed by atoms with Gasteiger partial charge in [-0.15, -0.1) is 11.3 Å². The molecule has 32 heavy (non-hydrogen) atoms. The maximum absolute atomic E-state index is 13.3. The molecule has 1 saturated heterocycles. The first-order valence-corrected chi connectivity index (χ1v) is 12.0. The molecule has 1 aliphatic rings. The van der Waals surface area contributed by atoms with Gasteiger partial charge in [-0.25, -0.2) is 0 Å². The van der Waals surface area contributed by atoms with Crippen LogP contribution in [-0.4, -0.2) is 44.6 Å². The van der Waals surface area contributed by atoms with Gasteiger partial charge >= 0.3 is 0 Å². The average molecular weight is 470 g/mol. The number of carbonyl (C=O) groups is 2. The van der Waals surface area contributed by atoms with Crippen LogP contribution in [-0.2, 0) is 4.79 Å². The van der Waals surface area contributed by atoms with Gasteiger partial charge in [0.15, 0.2) is 10.6 Å². The first kappa shape index (κ1) is 22.4. The number of H-pyrrole nitrogens is 1. The number of piperidine rings is 1. The molecule has 0 radical (unpaired) electrons. The van der Waals surface area contributed by atoms with E-state index in [1.54, 1.807) is 23.6 Å². The van der Waals surface area contributed by atoms with E-state index in [9.17, 15) is 9.59 Å². The van der Waals surface area contributed by atoms with Gasteiger partial charge in [0.1, 0.15) is 6.04 Å². The third-order valence-corrected chi connectivity index (χ3v) is 6.94. The minimum absolute atomic E-state index is 0.0499. The van der Waals surface area contributed by atoms with Gasteiger partial charge < -0.3 is 10.2 Å². The van der Waals surface area contributed by atoms with Gasteiger partial charge in [0.25, 0.3) is 5.91 Å². The zero-order valence-corrected chi connectivity index (χ0v) is 20.0. The molecule has 2 amide bonds. The quantitative estimate of drug-likeness (QED) is 0.516. The molecule has 0 spiro atoms. The summed E-state index contributed by atoms with van der Waals surface area (Å²) in [4.78, 5) is 29.3. The van der Waals surface area contributed by atoms with E-state index in [0.29, 0.717) is 33.7 Å². The molecular weight excluding hydrogens is 442 g/mol. The van der Waals surface area contributed by atoms with Gasteiger partial charge in [-0.2, -0.15) is 5.10 Å². The standard InChI is InChI=1S/C23H27N5O2S2/c1-14-11-15(2)13-27(12-14)22(30)17-7-4-5-8-18(17)24-21(29)16(3)28-20(25-26-23(28)31)19-9-6-10-32-19/h4-10,14-16H,11-13H2,1-3H3,(H,24,29)(H,26,31). The lowest BCUT2D eigenvalue weighted by atomic mass is 9.91. The van der Waals surface area contributed by atoms with Crippen molar-refractivity contribution in [2.24, 2.45) is 11.8 Å². The number of likely N-dealkylation sites (tertiary alicyclic amines) is 1. The van der Waals surface area contributed by atoms with Crippen LogP contribution in [0.2, 0.25) is 0 Å². The van der Waals surface area contributed by atoms with E-state index in [0.717, 1.165) is 24.4 Å². The summed E-state index contributed by atoms with van der Waals surface area (Å²) in [5.41, 5.74) is 1.01. The van der Waals surface area contributed by atoms with Crippen LogP contribution in [0.3, 0.4) is 0 Å². The van der Waals surface area contributed by atoms with Gasteiger partial charge in [-0.3, -0.25) is 19.3 Å². The molecule has 168 valence electrons. The highest BCUT2D eigenvalue weighted by Crippen LogP contribution is 2.28. The largest absolute Gasteiger partial charge is 0.338 e. The summed E-state index contributed by atoms with van der Waals surface area (Å²) < 4.78 is 2.08. The van der Waals surface area contributed by atoms with Crippen molar-refractivity contribution in [2.45, 2.75) is 33.2 Å². The number of aromatic nitrogens is 3. The van der Waals surface area contributed by atoms with Gasteiger partial charge in [-0.1, -0.05) is 32.0 Å². The van der Waals surface area contributed by atoms with Crippen molar-refractivity contribution in [2.75, 3.05) is 18.4 Å². The van der Waals surface area contributed by atoms with Crippen molar-refractivity contribution in [1.29, 1.82) is 0 Å². The Kier molecular flexibility index (Phi) is 6.57. The first-order chi connectivity index (χ1) is 15.3. The predicted octanol–water partition coefficient (Wildman–Crippen LogP) is 4.99. The van der Waals surface area contributed by atoms with E-state index < -0.39 is 6.04 Å². The SMILES string of the molecule is CC1CC(C)CN(C(=O)c2ccccc2NC(=O)C(C)n2c(-c3cccs3)n[nH]c2=S)C1. The van der Waals surface area contributed by atoms with E-state index in [1.165, 1.54) is 11.3 Å². The number of nitrogens with zero attached hydrogens (tertiary/aromatic N) is 3. The summed E-state index contributed by atoms with van der Waals surface area (Å²) in [6.07, 6.45) is 1.12. The van der Waals surface area contributed by atoms with E-state index >= 15 is 0 Å². The summed E-state index contributed by atoms with van der Waals surface area (Å²) >= 11 is 6.92. The first-order valence-electron chi connectivity index (χ1n) is 10.7. The smallest absolute Gasteiger partial charge is 0.255 e. The Labute approximate surface area is 196 Å². The Balaban J connectivity index is 1.57. The number of rotatable bonds is 5. The molecule has 1 aromatic carbocycles. The van der Waals surface area contributed by atoms with Crippen LogP contribution in [0.4, 0.5) is 5.69 Å². The number of amides is 2. The fourth-order valence-corrected chi connectivity index (χ4v) is 5.38. The highest BCUT2D eigenvalue weighted by molar-refractivity contribution is 7.71. The zero-order valence-electron chi connectivity index (χ0n) is 18.4. The number of benzene rings is 1. The number of hydrogen-bond acceptors (Lipinski definition) is 5. The highest BCUT2D eigenvalue weighted by Gasteiger charge is 2.28. The minimum Gasteiger partial charge on any atom is -0.338 e. The van der Waals surface area contributed by atoms with Crippen molar-refractivity contribution in [3.05, 3.63) is 52.1 Å². The summed E-state index contributed by atoms with van der Waals surface area (Å²) in [6, 6.07) is 10.4. The second kappa shape index (κ2) is 9.38. The molecule has 7 nitrogen and oxygen atoms in total. The molecule has 1 aliphatic heterocycles. The highest BCUT2D eigenvalue weighted by atomic mass is 32.1. The second-order valence-corrected chi connectivity index (χ2v) is 9.90. The maximum atomic E-state index is 13.3. The van der Waals surface area contributed by atoms with Gasteiger partial charge in [0.2, 0.25) is 5.91 Å². The van der Waals surface area contributed by atoms with Crippen molar-refractivity contribution in [3.8, 4) is 10.7 Å². The molecule has 2 N–H and O–H groups in total. The van der Waals surface area contributed by atoms with E-state index in [2.05, 4.69) is 29.4 Å². The van der Waals surface area contributed by atoms with E-state index in [1.807, 2.05) is 34.5 Å². The number of para-hydroxylation sites is 1. The fourth-order valence-electron chi connectivity index (χ4n) is 4.38. The number of nitrogens with one attached hydrogen (secondary N) is 2. The number of anilines is 1. The fraction of sp³-hybridized carbons (Fsp3) is 0.391. The van der Waals surface area contributed by atoms with Crippen LogP contribution >= 0.6 is 23.6 Å². The number of hydrogen-bond donors (Lipinski definition) is 2. The average Bonchev–Trinajstić information content (AvgIpc) is 3.42. The Morgan fingerprint density at radius 3 is 2.59 bits per heavy atom. The Bertz CT molecular complexity index is 1160. The summed E-state index contributed by atoms with van der Waals surface area (Å²) in [7, 11) is 0. The monoisotopic (exact) mass is 469 g/mol. The molecule has 9 heteroatoms. The third-order valence-electron chi connectivity index (χ3n) is 5.78. The van der Waals surface area contributed by atoms with Crippen molar-refractivity contribution >= 4 is 41.1 Å². The lowest BCUT2D eigenvalue weighted by molar-refractivity contribution is -0.118. The zero-order chi connectivity index (χ0) is 22.8.